The van der Waals surface area contributed by atoms with Crippen LogP contribution in [0.5, 0.6) is 5.75 Å². The normalized spacial score (nSPS) is 11.5. The fraction of sp³-hybridized carbons (Fsp3) is 0.400. The van der Waals surface area contributed by atoms with Crippen LogP contribution in [-0.2, 0) is 10.2 Å². The molecule has 28 heavy (non-hydrogen) atoms. The number of methoxy groups -OCH3 is 1. The summed E-state index contributed by atoms with van der Waals surface area (Å²) >= 11 is 0. The van der Waals surface area contributed by atoms with Crippen molar-refractivity contribution in [3.05, 3.63) is 42.2 Å². The molecular weight excluding hydrogens is 356 g/mol. The van der Waals surface area contributed by atoms with Crippen LogP contribution < -0.4 is 15.0 Å². The lowest BCUT2D eigenvalue weighted by Gasteiger charge is -2.22. The first-order valence-electron chi connectivity index (χ1n) is 9.24. The van der Waals surface area contributed by atoms with Crippen molar-refractivity contribution < 1.29 is 9.53 Å². The molecule has 0 aliphatic carbocycles. The molecule has 0 radical (unpaired) electrons. The predicted octanol–water partition coefficient (Wildman–Crippen LogP) is 2.90. The number of hydrogen-bond donors (Lipinski definition) is 1. The number of hydrogen-bond acceptors (Lipinski definition) is 6. The zero-order valence-electron chi connectivity index (χ0n) is 16.9. The molecule has 8 nitrogen and oxygen atoms in total. The van der Waals surface area contributed by atoms with Crippen LogP contribution in [0.3, 0.4) is 0 Å². The first-order chi connectivity index (χ1) is 13.3. The van der Waals surface area contributed by atoms with Gasteiger partial charge in [0.2, 0.25) is 5.91 Å². The van der Waals surface area contributed by atoms with Gasteiger partial charge >= 0.3 is 0 Å². The van der Waals surface area contributed by atoms with E-state index in [1.165, 1.54) is 0 Å². The molecule has 8 heteroatoms. The minimum Gasteiger partial charge on any atom is -0.495 e. The number of benzene rings is 1. The Balaban J connectivity index is 1.82. The third-order valence-electron chi connectivity index (χ3n) is 4.34. The Labute approximate surface area is 164 Å². The van der Waals surface area contributed by atoms with E-state index in [0.29, 0.717) is 29.4 Å². The van der Waals surface area contributed by atoms with Crippen LogP contribution in [0.25, 0.3) is 5.65 Å². The predicted molar refractivity (Wildman–Crippen MR) is 109 cm³/mol. The molecule has 0 saturated heterocycles. The number of para-hydroxylation sites is 2. The van der Waals surface area contributed by atoms with E-state index < -0.39 is 0 Å². The average molecular weight is 382 g/mol. The van der Waals surface area contributed by atoms with Crippen molar-refractivity contribution >= 4 is 23.1 Å². The highest BCUT2D eigenvalue weighted by molar-refractivity contribution is 5.95. The summed E-state index contributed by atoms with van der Waals surface area (Å²) < 4.78 is 7.03. The number of aromatic nitrogens is 4. The summed E-state index contributed by atoms with van der Waals surface area (Å²) in [5.41, 5.74) is 1.13. The van der Waals surface area contributed by atoms with E-state index in [1.54, 1.807) is 11.6 Å². The molecule has 1 amide bonds. The molecule has 1 aromatic carbocycles. The molecule has 0 saturated carbocycles. The van der Waals surface area contributed by atoms with Gasteiger partial charge in [0.05, 0.1) is 19.3 Å². The lowest BCUT2D eigenvalue weighted by Crippen LogP contribution is -2.34. The highest BCUT2D eigenvalue weighted by Gasteiger charge is 2.22. The van der Waals surface area contributed by atoms with Gasteiger partial charge in [0.25, 0.3) is 0 Å². The number of amides is 1. The van der Waals surface area contributed by atoms with Gasteiger partial charge in [-0.2, -0.15) is 4.52 Å². The number of carbonyl (C=O) groups excluding carboxylic acids is 1. The minimum atomic E-state index is -0.191. The topological polar surface area (TPSA) is 84.7 Å². The van der Waals surface area contributed by atoms with Crippen LogP contribution in [0.15, 0.2) is 36.4 Å². The Hall–Kier alpha value is -3.16. The Bertz CT molecular complexity index is 976. The van der Waals surface area contributed by atoms with E-state index >= 15 is 0 Å². The third kappa shape index (κ3) is 4.05. The van der Waals surface area contributed by atoms with E-state index in [1.807, 2.05) is 48.2 Å². The van der Waals surface area contributed by atoms with Crippen LogP contribution in [0.2, 0.25) is 0 Å². The lowest BCUT2D eigenvalue weighted by atomic mass is 9.96. The highest BCUT2D eigenvalue weighted by atomic mass is 16.5. The summed E-state index contributed by atoms with van der Waals surface area (Å²) in [5, 5.41) is 16.0. The molecule has 0 aliphatic rings. The first kappa shape index (κ1) is 19.6. The smallest absolute Gasteiger partial charge is 0.244 e. The van der Waals surface area contributed by atoms with E-state index in [2.05, 4.69) is 41.4 Å². The fourth-order valence-electron chi connectivity index (χ4n) is 2.88. The zero-order chi connectivity index (χ0) is 20.3. The molecule has 0 aliphatic heterocycles. The molecule has 0 bridgehead atoms. The molecule has 3 aromatic rings. The average Bonchev–Trinajstić information content (AvgIpc) is 3.10. The maximum Gasteiger partial charge on any atom is 0.244 e. The summed E-state index contributed by atoms with van der Waals surface area (Å²) in [6, 6.07) is 11.1. The highest BCUT2D eigenvalue weighted by Crippen LogP contribution is 2.24. The second-order valence-corrected chi connectivity index (χ2v) is 7.50. The fourth-order valence-corrected chi connectivity index (χ4v) is 2.88. The van der Waals surface area contributed by atoms with Crippen LogP contribution in [0.4, 0.5) is 11.5 Å². The summed E-state index contributed by atoms with van der Waals surface area (Å²) in [6.07, 6.45) is 0. The van der Waals surface area contributed by atoms with Crippen molar-refractivity contribution in [3.8, 4) is 5.75 Å². The Morgan fingerprint density at radius 2 is 1.93 bits per heavy atom. The molecule has 0 fully saturated rings. The second-order valence-electron chi connectivity index (χ2n) is 7.50. The van der Waals surface area contributed by atoms with E-state index in [0.717, 1.165) is 5.82 Å². The maximum absolute atomic E-state index is 12.6. The SMILES string of the molecule is CCN(CC(=O)Nc1ccccc1OC)c1ccc2nnc(C(C)(C)C)n2n1. The van der Waals surface area contributed by atoms with Crippen LogP contribution in [0.1, 0.15) is 33.5 Å². The Kier molecular flexibility index (Phi) is 5.48. The molecule has 1 N–H and O–H groups in total. The number of anilines is 2. The number of likely N-dealkylation sites (N-methyl/N-ethyl adjacent to an activating group) is 1. The Morgan fingerprint density at radius 1 is 1.18 bits per heavy atom. The number of nitrogens with zero attached hydrogens (tertiary/aromatic N) is 5. The van der Waals surface area contributed by atoms with Gasteiger partial charge in [0.1, 0.15) is 11.6 Å². The van der Waals surface area contributed by atoms with Crippen molar-refractivity contribution in [1.29, 1.82) is 0 Å². The summed E-state index contributed by atoms with van der Waals surface area (Å²) in [5.74, 6) is 1.94. The minimum absolute atomic E-state index is 0.145. The standard InChI is InChI=1S/C20H26N6O2/c1-6-25(13-18(27)21-14-9-7-8-10-15(14)28-5)17-12-11-16-22-23-19(20(2,3)4)26(16)24-17/h7-12H,6,13H2,1-5H3,(H,21,27). The number of ether oxygens (including phenoxy) is 1. The number of carbonyl (C=O) groups is 1. The van der Waals surface area contributed by atoms with E-state index in [-0.39, 0.29) is 17.9 Å². The van der Waals surface area contributed by atoms with Gasteiger partial charge in [-0.3, -0.25) is 4.79 Å². The molecular formula is C20H26N6O2. The monoisotopic (exact) mass is 382 g/mol. The van der Waals surface area contributed by atoms with Gasteiger partial charge in [0.15, 0.2) is 11.5 Å². The van der Waals surface area contributed by atoms with Crippen LogP contribution in [0, 0.1) is 0 Å². The third-order valence-corrected chi connectivity index (χ3v) is 4.34. The maximum atomic E-state index is 12.6. The molecule has 2 heterocycles. The molecule has 148 valence electrons. The number of nitrogens with one attached hydrogen (secondary N) is 1. The molecule has 0 spiro atoms. The van der Waals surface area contributed by atoms with Gasteiger partial charge in [-0.1, -0.05) is 32.9 Å². The van der Waals surface area contributed by atoms with Gasteiger partial charge < -0.3 is 15.0 Å². The van der Waals surface area contributed by atoms with Crippen LogP contribution >= 0.6 is 0 Å². The summed E-state index contributed by atoms with van der Waals surface area (Å²) in [4.78, 5) is 14.5. The number of rotatable bonds is 6. The zero-order valence-corrected chi connectivity index (χ0v) is 16.9. The van der Waals surface area contributed by atoms with Crippen molar-refractivity contribution in [3.63, 3.8) is 0 Å². The van der Waals surface area contributed by atoms with Crippen molar-refractivity contribution in [1.82, 2.24) is 19.8 Å². The molecule has 3 rings (SSSR count). The quantitative estimate of drug-likeness (QED) is 0.706. The van der Waals surface area contributed by atoms with E-state index in [4.69, 9.17) is 4.74 Å². The van der Waals surface area contributed by atoms with Gasteiger partial charge in [-0.15, -0.1) is 15.3 Å². The molecule has 0 unspecified atom stereocenters. The van der Waals surface area contributed by atoms with Gasteiger partial charge in [0, 0.05) is 12.0 Å². The van der Waals surface area contributed by atoms with Gasteiger partial charge in [-0.05, 0) is 31.2 Å². The largest absolute Gasteiger partial charge is 0.495 e. The van der Waals surface area contributed by atoms with Crippen molar-refractivity contribution in [2.45, 2.75) is 33.1 Å². The molecule has 0 atom stereocenters. The van der Waals surface area contributed by atoms with Gasteiger partial charge in [-0.25, -0.2) is 0 Å². The summed E-state index contributed by atoms with van der Waals surface area (Å²) in [7, 11) is 1.58. The van der Waals surface area contributed by atoms with Crippen molar-refractivity contribution in [2.75, 3.05) is 30.4 Å². The lowest BCUT2D eigenvalue weighted by molar-refractivity contribution is -0.115. The summed E-state index contributed by atoms with van der Waals surface area (Å²) in [6.45, 7) is 8.98. The number of fused-ring (bicyclic) bond motifs is 1. The van der Waals surface area contributed by atoms with Crippen molar-refractivity contribution in [2.24, 2.45) is 0 Å². The molecule has 2 aromatic heterocycles. The Morgan fingerprint density at radius 3 is 2.61 bits per heavy atom. The van der Waals surface area contributed by atoms with Crippen LogP contribution in [-0.4, -0.2) is 45.9 Å². The first-order valence-corrected chi connectivity index (χ1v) is 9.24. The second kappa shape index (κ2) is 7.84. The van der Waals surface area contributed by atoms with E-state index in [9.17, 15) is 4.79 Å².